The maximum atomic E-state index is 13.1. The molecule has 0 heterocycles. The van der Waals surface area contributed by atoms with Gasteiger partial charge in [-0.25, -0.2) is 8.42 Å². The van der Waals surface area contributed by atoms with Crippen molar-refractivity contribution in [2.45, 2.75) is 57.3 Å². The molecular weight excluding hydrogens is 398 g/mol. The Labute approximate surface area is 179 Å². The quantitative estimate of drug-likeness (QED) is 0.666. The fourth-order valence-electron chi connectivity index (χ4n) is 3.10. The third-order valence-electron chi connectivity index (χ3n) is 4.80. The molecule has 0 aliphatic rings. The molecule has 0 radical (unpaired) electrons. The van der Waals surface area contributed by atoms with Crippen LogP contribution in [0.4, 0.5) is 0 Å². The number of benzene rings is 2. The minimum atomic E-state index is -4.03. The Hall–Kier alpha value is -2.78. The lowest BCUT2D eigenvalue weighted by atomic mass is 9.78. The molecule has 0 spiro atoms. The van der Waals surface area contributed by atoms with Crippen molar-refractivity contribution in [3.63, 3.8) is 0 Å². The highest BCUT2D eigenvalue weighted by molar-refractivity contribution is 7.95. The van der Waals surface area contributed by atoms with Crippen LogP contribution in [0, 0.1) is 11.3 Å². The maximum absolute atomic E-state index is 13.1. The normalized spacial score (nSPS) is 13.1. The van der Waals surface area contributed by atoms with E-state index >= 15 is 0 Å². The van der Waals surface area contributed by atoms with Gasteiger partial charge in [0.1, 0.15) is 22.5 Å². The number of rotatable bonds is 4. The van der Waals surface area contributed by atoms with E-state index in [0.29, 0.717) is 22.4 Å². The number of aromatic hydroxyl groups is 1. The summed E-state index contributed by atoms with van der Waals surface area (Å²) in [6, 6.07) is 11.3. The van der Waals surface area contributed by atoms with Crippen LogP contribution in [0.2, 0.25) is 0 Å². The standard InChI is InChI=1S/C24H29NO4S/c1-23(2,3)20-12-16(13-21(22(20)26)24(4,5)6)11-19(15-25)30(27,28)18-10-8-9-17(14-18)29-7/h8-14,26H,1-7H3. The Balaban J connectivity index is 2.74. The van der Waals surface area contributed by atoms with Crippen LogP contribution in [-0.4, -0.2) is 20.6 Å². The first-order valence-electron chi connectivity index (χ1n) is 9.60. The van der Waals surface area contributed by atoms with Gasteiger partial charge in [0.15, 0.2) is 0 Å². The molecule has 0 saturated carbocycles. The molecule has 5 nitrogen and oxygen atoms in total. The Morgan fingerprint density at radius 2 is 1.57 bits per heavy atom. The first-order chi connectivity index (χ1) is 13.7. The van der Waals surface area contributed by atoms with Gasteiger partial charge in [0, 0.05) is 11.1 Å². The number of phenolic OH excluding ortho intramolecular Hbond substituents is 1. The topological polar surface area (TPSA) is 87.4 Å². The van der Waals surface area contributed by atoms with Crippen molar-refractivity contribution < 1.29 is 18.3 Å². The largest absolute Gasteiger partial charge is 0.507 e. The van der Waals surface area contributed by atoms with Crippen molar-refractivity contribution in [1.82, 2.24) is 0 Å². The molecular formula is C24H29NO4S. The molecule has 30 heavy (non-hydrogen) atoms. The summed E-state index contributed by atoms with van der Waals surface area (Å²) in [5.41, 5.74) is 1.19. The first kappa shape index (κ1) is 23.5. The molecule has 0 aromatic heterocycles. The molecule has 0 unspecified atom stereocenters. The highest BCUT2D eigenvalue weighted by Gasteiger charge is 2.27. The van der Waals surface area contributed by atoms with E-state index in [2.05, 4.69) is 0 Å². The van der Waals surface area contributed by atoms with Crippen molar-refractivity contribution in [2.24, 2.45) is 0 Å². The summed E-state index contributed by atoms with van der Waals surface area (Å²) in [6.07, 6.45) is 1.36. The van der Waals surface area contributed by atoms with Gasteiger partial charge in [-0.15, -0.1) is 0 Å². The third-order valence-corrected chi connectivity index (χ3v) is 6.46. The van der Waals surface area contributed by atoms with Crippen LogP contribution in [0.1, 0.15) is 58.2 Å². The average Bonchev–Trinajstić information content (AvgIpc) is 2.65. The highest BCUT2D eigenvalue weighted by Crippen LogP contribution is 2.40. The lowest BCUT2D eigenvalue weighted by molar-refractivity contribution is 0.413. The van der Waals surface area contributed by atoms with Gasteiger partial charge in [-0.05, 0) is 52.8 Å². The van der Waals surface area contributed by atoms with Gasteiger partial charge in [-0.2, -0.15) is 5.26 Å². The van der Waals surface area contributed by atoms with E-state index < -0.39 is 9.84 Å². The van der Waals surface area contributed by atoms with E-state index in [4.69, 9.17) is 4.74 Å². The van der Waals surface area contributed by atoms with Crippen LogP contribution >= 0.6 is 0 Å². The fourth-order valence-corrected chi connectivity index (χ4v) is 4.29. The molecule has 2 aromatic carbocycles. The highest BCUT2D eigenvalue weighted by atomic mass is 32.2. The first-order valence-corrected chi connectivity index (χ1v) is 11.1. The zero-order valence-electron chi connectivity index (χ0n) is 18.6. The van der Waals surface area contributed by atoms with Gasteiger partial charge in [-0.1, -0.05) is 47.6 Å². The minimum absolute atomic E-state index is 0.0134. The van der Waals surface area contributed by atoms with Crippen LogP contribution in [0.15, 0.2) is 46.2 Å². The smallest absolute Gasteiger partial charge is 0.216 e. The van der Waals surface area contributed by atoms with Crippen molar-refractivity contribution in [3.05, 3.63) is 58.0 Å². The number of phenols is 1. The third kappa shape index (κ3) is 4.85. The van der Waals surface area contributed by atoms with Gasteiger partial charge in [0.2, 0.25) is 9.84 Å². The lowest BCUT2D eigenvalue weighted by Gasteiger charge is -2.28. The monoisotopic (exact) mass is 427 g/mol. The van der Waals surface area contributed by atoms with Gasteiger partial charge in [0.05, 0.1) is 12.0 Å². The summed E-state index contributed by atoms with van der Waals surface area (Å²) in [5.74, 6) is 0.587. The zero-order valence-corrected chi connectivity index (χ0v) is 19.4. The van der Waals surface area contributed by atoms with Crippen LogP contribution < -0.4 is 4.74 Å². The van der Waals surface area contributed by atoms with Gasteiger partial charge < -0.3 is 9.84 Å². The molecule has 1 N–H and O–H groups in total. The molecule has 2 aromatic rings. The maximum Gasteiger partial charge on any atom is 0.216 e. The second-order valence-corrected chi connectivity index (χ2v) is 11.2. The number of hydrogen-bond acceptors (Lipinski definition) is 5. The lowest BCUT2D eigenvalue weighted by Crippen LogP contribution is -2.17. The van der Waals surface area contributed by atoms with Crippen molar-refractivity contribution in [2.75, 3.05) is 7.11 Å². The Bertz CT molecular complexity index is 1090. The van der Waals surface area contributed by atoms with Crippen molar-refractivity contribution >= 4 is 15.9 Å². The van der Waals surface area contributed by atoms with E-state index in [1.807, 2.05) is 47.6 Å². The van der Waals surface area contributed by atoms with E-state index in [1.165, 1.54) is 25.3 Å². The van der Waals surface area contributed by atoms with Crippen LogP contribution in [0.25, 0.3) is 6.08 Å². The number of nitrogens with zero attached hydrogens (tertiary/aromatic N) is 1. The van der Waals surface area contributed by atoms with Crippen LogP contribution in [0.5, 0.6) is 11.5 Å². The molecule has 0 saturated heterocycles. The second-order valence-electron chi connectivity index (χ2n) is 9.27. The number of allylic oxidation sites excluding steroid dienone is 1. The Morgan fingerprint density at radius 1 is 1.03 bits per heavy atom. The summed E-state index contributed by atoms with van der Waals surface area (Å²) in [7, 11) is -2.58. The van der Waals surface area contributed by atoms with E-state index in [-0.39, 0.29) is 26.4 Å². The molecule has 0 amide bonds. The summed E-state index contributed by atoms with van der Waals surface area (Å²) in [6.45, 7) is 11.8. The van der Waals surface area contributed by atoms with E-state index in [0.717, 1.165) is 0 Å². The van der Waals surface area contributed by atoms with Gasteiger partial charge in [-0.3, -0.25) is 0 Å². The Kier molecular flexibility index (Phi) is 6.39. The van der Waals surface area contributed by atoms with Crippen LogP contribution in [0.3, 0.4) is 0 Å². The number of sulfone groups is 1. The predicted molar refractivity (Wildman–Crippen MR) is 119 cm³/mol. The summed E-state index contributed by atoms with van der Waals surface area (Å²) in [5, 5.41) is 20.5. The average molecular weight is 428 g/mol. The molecule has 0 atom stereocenters. The molecule has 0 bridgehead atoms. The molecule has 2 rings (SSSR count). The predicted octanol–water partition coefficient (Wildman–Crippen LogP) is 5.33. The number of ether oxygens (including phenoxy) is 1. The fraction of sp³-hybridized carbons (Fsp3) is 0.375. The van der Waals surface area contributed by atoms with Crippen molar-refractivity contribution in [1.29, 1.82) is 5.26 Å². The summed E-state index contributed by atoms with van der Waals surface area (Å²) in [4.78, 5) is -0.387. The van der Waals surface area contributed by atoms with Crippen molar-refractivity contribution in [3.8, 4) is 17.6 Å². The number of hydrogen-bond donors (Lipinski definition) is 1. The molecule has 0 fully saturated rings. The summed E-state index contributed by atoms with van der Waals surface area (Å²) < 4.78 is 31.2. The SMILES string of the molecule is COc1cccc(S(=O)(=O)C(C#N)=Cc2cc(C(C)(C)C)c(O)c(C(C)(C)C)c2)c1. The zero-order chi connectivity index (χ0) is 22.9. The summed E-state index contributed by atoms with van der Waals surface area (Å²) >= 11 is 0. The number of methoxy groups -OCH3 is 1. The molecule has 0 aliphatic carbocycles. The van der Waals surface area contributed by atoms with E-state index in [9.17, 15) is 18.8 Å². The minimum Gasteiger partial charge on any atom is -0.507 e. The Morgan fingerprint density at radius 3 is 2.00 bits per heavy atom. The molecule has 0 aliphatic heterocycles. The molecule has 160 valence electrons. The van der Waals surface area contributed by atoms with Crippen LogP contribution in [-0.2, 0) is 20.7 Å². The number of nitriles is 1. The van der Waals surface area contributed by atoms with E-state index in [1.54, 1.807) is 24.3 Å². The van der Waals surface area contributed by atoms with Gasteiger partial charge >= 0.3 is 0 Å². The second kappa shape index (κ2) is 8.16. The molecule has 6 heteroatoms. The van der Waals surface area contributed by atoms with Gasteiger partial charge in [0.25, 0.3) is 0 Å².